The topological polar surface area (TPSA) is 97.1 Å². The van der Waals surface area contributed by atoms with Crippen molar-refractivity contribution < 1.29 is 14.1 Å². The van der Waals surface area contributed by atoms with Gasteiger partial charge >= 0.3 is 0 Å². The van der Waals surface area contributed by atoms with Crippen molar-refractivity contribution in [2.24, 2.45) is 5.92 Å². The number of anilines is 1. The molecular weight excluding hydrogens is 320 g/mol. The first-order valence-corrected chi connectivity index (χ1v) is 8.63. The number of hydrogen-bond acceptors (Lipinski definition) is 5. The molecule has 1 saturated carbocycles. The van der Waals surface area contributed by atoms with E-state index in [1.807, 2.05) is 13.8 Å². The van der Waals surface area contributed by atoms with Crippen molar-refractivity contribution in [1.29, 1.82) is 0 Å². The van der Waals surface area contributed by atoms with E-state index in [0.29, 0.717) is 17.9 Å². The summed E-state index contributed by atoms with van der Waals surface area (Å²) < 4.78 is 5.31. The molecule has 0 spiro atoms. The largest absolute Gasteiger partial charge is 0.361 e. The maximum absolute atomic E-state index is 12.4. The smallest absolute Gasteiger partial charge is 0.251 e. The maximum Gasteiger partial charge on any atom is 0.251 e. The zero-order valence-corrected chi connectivity index (χ0v) is 14.5. The Bertz CT molecular complexity index is 759. The van der Waals surface area contributed by atoms with Crippen LogP contribution >= 0.6 is 0 Å². The van der Waals surface area contributed by atoms with Crippen LogP contribution in [0.1, 0.15) is 54.1 Å². The van der Waals surface area contributed by atoms with Crippen LogP contribution in [0.2, 0.25) is 0 Å². The Kier molecular flexibility index (Phi) is 5.11. The summed E-state index contributed by atoms with van der Waals surface area (Å²) in [6.07, 6.45) is 4.84. The lowest BCUT2D eigenvalue weighted by Crippen LogP contribution is -2.24. The third kappa shape index (κ3) is 4.04. The molecule has 0 unspecified atom stereocenters. The minimum absolute atomic E-state index is 0.0327. The number of amides is 2. The van der Waals surface area contributed by atoms with Crippen molar-refractivity contribution >= 4 is 17.6 Å². The van der Waals surface area contributed by atoms with Crippen molar-refractivity contribution in [2.45, 2.75) is 46.1 Å². The van der Waals surface area contributed by atoms with Crippen molar-refractivity contribution in [3.63, 3.8) is 0 Å². The Balaban J connectivity index is 1.65. The minimum atomic E-state index is -0.227. The van der Waals surface area contributed by atoms with Crippen molar-refractivity contribution in [2.75, 3.05) is 5.32 Å². The van der Waals surface area contributed by atoms with Gasteiger partial charge in [-0.3, -0.25) is 9.59 Å². The summed E-state index contributed by atoms with van der Waals surface area (Å²) in [6.45, 7) is 4.35. The van der Waals surface area contributed by atoms with Gasteiger partial charge in [-0.1, -0.05) is 19.0 Å². The highest BCUT2D eigenvalue weighted by atomic mass is 16.5. The van der Waals surface area contributed by atoms with Gasteiger partial charge in [-0.15, -0.1) is 0 Å². The second kappa shape index (κ2) is 7.46. The van der Waals surface area contributed by atoms with E-state index in [1.54, 1.807) is 12.1 Å². The van der Waals surface area contributed by atoms with E-state index in [0.717, 1.165) is 42.7 Å². The van der Waals surface area contributed by atoms with Crippen LogP contribution in [0.25, 0.3) is 0 Å². The third-order valence-electron chi connectivity index (χ3n) is 4.25. The van der Waals surface area contributed by atoms with Crippen LogP contribution in [0.15, 0.2) is 22.9 Å². The lowest BCUT2D eigenvalue weighted by Gasteiger charge is -2.08. The van der Waals surface area contributed by atoms with E-state index in [2.05, 4.69) is 20.8 Å². The Morgan fingerprint density at radius 2 is 2.08 bits per heavy atom. The molecule has 25 heavy (non-hydrogen) atoms. The Morgan fingerprint density at radius 1 is 1.28 bits per heavy atom. The zero-order valence-electron chi connectivity index (χ0n) is 14.5. The molecule has 0 aromatic carbocycles. The number of carbonyl (C=O) groups excluding carboxylic acids is 2. The first-order chi connectivity index (χ1) is 12.1. The third-order valence-corrected chi connectivity index (χ3v) is 4.25. The Labute approximate surface area is 146 Å². The quantitative estimate of drug-likeness (QED) is 0.805. The second-order valence-corrected chi connectivity index (χ2v) is 6.11. The molecule has 7 heteroatoms. The fourth-order valence-electron chi connectivity index (χ4n) is 2.62. The van der Waals surface area contributed by atoms with Crippen LogP contribution in [0, 0.1) is 5.92 Å². The van der Waals surface area contributed by atoms with Crippen LogP contribution in [0.3, 0.4) is 0 Å². The predicted octanol–water partition coefficient (Wildman–Crippen LogP) is 2.47. The summed E-state index contributed by atoms with van der Waals surface area (Å²) in [4.78, 5) is 28.3. The molecule has 0 saturated heterocycles. The normalized spacial score (nSPS) is 13.5. The molecule has 2 N–H and O–H groups in total. The average Bonchev–Trinajstić information content (AvgIpc) is 3.40. The fraction of sp³-hybridized carbons (Fsp3) is 0.444. The fourth-order valence-corrected chi connectivity index (χ4v) is 2.62. The number of pyridine rings is 1. The van der Waals surface area contributed by atoms with Crippen LogP contribution < -0.4 is 10.6 Å². The van der Waals surface area contributed by atoms with Gasteiger partial charge in [0.2, 0.25) is 5.91 Å². The van der Waals surface area contributed by atoms with Gasteiger partial charge in [-0.05, 0) is 31.4 Å². The molecule has 3 rings (SSSR count). The van der Waals surface area contributed by atoms with Gasteiger partial charge in [-0.25, -0.2) is 4.98 Å². The molecule has 0 bridgehead atoms. The van der Waals surface area contributed by atoms with E-state index >= 15 is 0 Å². The number of nitrogens with one attached hydrogen (secondary N) is 2. The van der Waals surface area contributed by atoms with Crippen LogP contribution in [-0.2, 0) is 24.2 Å². The summed E-state index contributed by atoms with van der Waals surface area (Å²) in [5.41, 5.74) is 2.26. The zero-order chi connectivity index (χ0) is 17.8. The summed E-state index contributed by atoms with van der Waals surface area (Å²) in [7, 11) is 0. The second-order valence-electron chi connectivity index (χ2n) is 6.11. The first-order valence-electron chi connectivity index (χ1n) is 8.63. The molecule has 1 aliphatic carbocycles. The lowest BCUT2D eigenvalue weighted by atomic mass is 10.1. The number of aryl methyl sites for hydroxylation is 2. The average molecular weight is 342 g/mol. The van der Waals surface area contributed by atoms with Gasteiger partial charge in [0, 0.05) is 36.2 Å². The van der Waals surface area contributed by atoms with E-state index in [9.17, 15) is 9.59 Å². The Morgan fingerprint density at radius 3 is 2.76 bits per heavy atom. The number of hydrogen-bond donors (Lipinski definition) is 2. The molecule has 7 nitrogen and oxygen atoms in total. The molecule has 1 fully saturated rings. The predicted molar refractivity (Wildman–Crippen MR) is 92.0 cm³/mol. The Hall–Kier alpha value is -2.70. The highest BCUT2D eigenvalue weighted by Crippen LogP contribution is 2.29. The summed E-state index contributed by atoms with van der Waals surface area (Å²) in [5, 5.41) is 9.68. The monoisotopic (exact) mass is 342 g/mol. The van der Waals surface area contributed by atoms with E-state index in [1.165, 1.54) is 6.20 Å². The minimum Gasteiger partial charge on any atom is -0.361 e. The van der Waals surface area contributed by atoms with Crippen molar-refractivity contribution in [3.8, 4) is 0 Å². The number of nitrogens with zero attached hydrogens (tertiary/aromatic N) is 2. The van der Waals surface area contributed by atoms with Gasteiger partial charge in [0.05, 0.1) is 5.69 Å². The molecular formula is C18H22N4O3. The molecule has 2 amide bonds. The highest BCUT2D eigenvalue weighted by Gasteiger charge is 2.29. The summed E-state index contributed by atoms with van der Waals surface area (Å²) in [6, 6.07) is 3.21. The highest BCUT2D eigenvalue weighted by molar-refractivity contribution is 5.97. The van der Waals surface area contributed by atoms with Crippen LogP contribution in [-0.4, -0.2) is 22.0 Å². The van der Waals surface area contributed by atoms with Crippen LogP contribution in [0.5, 0.6) is 0 Å². The molecule has 0 aliphatic heterocycles. The number of carbonyl (C=O) groups is 2. The molecule has 1 aliphatic rings. The lowest BCUT2D eigenvalue weighted by molar-refractivity contribution is -0.117. The SMILES string of the molecule is CCc1noc(CC)c1CNC(=O)c1ccnc(NC(=O)C2CC2)c1. The number of aromatic nitrogens is 2. The maximum atomic E-state index is 12.4. The van der Waals surface area contributed by atoms with Gasteiger partial charge < -0.3 is 15.2 Å². The van der Waals surface area contributed by atoms with Gasteiger partial charge in [0.1, 0.15) is 11.6 Å². The molecule has 0 atom stereocenters. The molecule has 132 valence electrons. The molecule has 2 aromatic heterocycles. The number of rotatable bonds is 7. The summed E-state index contributed by atoms with van der Waals surface area (Å²) in [5.74, 6) is 1.03. The van der Waals surface area contributed by atoms with Gasteiger partial charge in [-0.2, -0.15) is 0 Å². The molecule has 2 heterocycles. The van der Waals surface area contributed by atoms with Gasteiger partial charge in [0.25, 0.3) is 5.91 Å². The summed E-state index contributed by atoms with van der Waals surface area (Å²) >= 11 is 0. The van der Waals surface area contributed by atoms with E-state index in [4.69, 9.17) is 4.52 Å². The van der Waals surface area contributed by atoms with E-state index < -0.39 is 0 Å². The molecule has 0 radical (unpaired) electrons. The molecule has 2 aromatic rings. The van der Waals surface area contributed by atoms with Crippen LogP contribution in [0.4, 0.5) is 5.82 Å². The standard InChI is InChI=1S/C18H22N4O3/c1-3-14-13(15(4-2)25-22-14)10-20-17(23)12-7-8-19-16(9-12)21-18(24)11-5-6-11/h7-9,11H,3-6,10H2,1-2H3,(H,20,23)(H,19,21,24). The van der Waals surface area contributed by atoms with Gasteiger partial charge in [0.15, 0.2) is 0 Å². The van der Waals surface area contributed by atoms with Crippen molar-refractivity contribution in [3.05, 3.63) is 40.9 Å². The van der Waals surface area contributed by atoms with E-state index in [-0.39, 0.29) is 17.7 Å². The first kappa shape index (κ1) is 17.1. The van der Waals surface area contributed by atoms with Crippen molar-refractivity contribution in [1.82, 2.24) is 15.5 Å².